The topological polar surface area (TPSA) is 66.9 Å². The smallest absolute Gasteiger partial charge is 0.406 e. The van der Waals surface area contributed by atoms with Gasteiger partial charge in [-0.05, 0) is 42.5 Å². The highest BCUT2D eigenvalue weighted by Gasteiger charge is 2.46. The van der Waals surface area contributed by atoms with Crippen molar-refractivity contribution in [3.05, 3.63) is 24.3 Å². The second kappa shape index (κ2) is 7.55. The summed E-state index contributed by atoms with van der Waals surface area (Å²) < 4.78 is 67.1. The van der Waals surface area contributed by atoms with Crippen molar-refractivity contribution in [2.75, 3.05) is 30.3 Å². The summed E-state index contributed by atoms with van der Waals surface area (Å²) in [5.74, 6) is -0.962. The lowest BCUT2D eigenvalue weighted by Gasteiger charge is -2.33. The van der Waals surface area contributed by atoms with E-state index in [1.165, 1.54) is 21.3 Å². The van der Waals surface area contributed by atoms with Crippen molar-refractivity contribution in [3.63, 3.8) is 0 Å². The Labute approximate surface area is 162 Å². The Morgan fingerprint density at radius 1 is 1.18 bits per heavy atom. The Kier molecular flexibility index (Phi) is 5.64. The van der Waals surface area contributed by atoms with Gasteiger partial charge in [0.25, 0.3) is 0 Å². The molecular weight excluding hydrogens is 397 g/mol. The van der Waals surface area contributed by atoms with Gasteiger partial charge in [-0.1, -0.05) is 13.8 Å². The second-order valence-electron chi connectivity index (χ2n) is 7.68. The maximum Gasteiger partial charge on any atom is 0.573 e. The van der Waals surface area contributed by atoms with Gasteiger partial charge in [-0.2, -0.15) is 0 Å². The fourth-order valence-corrected chi connectivity index (χ4v) is 5.71. The van der Waals surface area contributed by atoms with Gasteiger partial charge >= 0.3 is 6.36 Å². The molecule has 0 aliphatic carbocycles. The average Bonchev–Trinajstić information content (AvgIpc) is 3.00. The lowest BCUT2D eigenvalue weighted by molar-refractivity contribution is -0.274. The first kappa shape index (κ1) is 20.9. The van der Waals surface area contributed by atoms with E-state index in [0.717, 1.165) is 12.1 Å². The van der Waals surface area contributed by atoms with Crippen LogP contribution < -0.4 is 9.64 Å². The number of carbonyl (C=O) groups is 1. The van der Waals surface area contributed by atoms with Gasteiger partial charge in [0.15, 0.2) is 0 Å². The minimum Gasteiger partial charge on any atom is -0.406 e. The molecule has 156 valence electrons. The van der Waals surface area contributed by atoms with Crippen LogP contribution in [0.4, 0.5) is 18.9 Å². The van der Waals surface area contributed by atoms with Gasteiger partial charge in [0, 0.05) is 25.3 Å². The highest BCUT2D eigenvalue weighted by atomic mass is 32.2. The molecule has 1 aromatic carbocycles. The van der Waals surface area contributed by atoms with Crippen molar-refractivity contribution < 1.29 is 31.1 Å². The molecule has 0 bridgehead atoms. The molecule has 28 heavy (non-hydrogen) atoms. The molecule has 1 amide bonds. The molecule has 0 radical (unpaired) electrons. The minimum absolute atomic E-state index is 0.00254. The van der Waals surface area contributed by atoms with Crippen LogP contribution in [0.25, 0.3) is 0 Å². The number of alkyl halides is 3. The van der Waals surface area contributed by atoms with Crippen LogP contribution in [0, 0.1) is 17.8 Å². The Hall–Kier alpha value is -1.81. The van der Waals surface area contributed by atoms with E-state index in [2.05, 4.69) is 4.74 Å². The van der Waals surface area contributed by atoms with E-state index in [0.29, 0.717) is 25.2 Å². The Bertz CT molecular complexity index is 824. The highest BCUT2D eigenvalue weighted by Crippen LogP contribution is 2.36. The van der Waals surface area contributed by atoms with E-state index >= 15 is 0 Å². The van der Waals surface area contributed by atoms with Crippen molar-refractivity contribution in [1.82, 2.24) is 4.31 Å². The molecule has 2 saturated heterocycles. The maximum atomic E-state index is 12.9. The molecule has 0 spiro atoms. The maximum absolute atomic E-state index is 12.9. The Morgan fingerprint density at radius 3 is 2.39 bits per heavy atom. The molecule has 2 aliphatic heterocycles. The molecule has 1 aromatic rings. The van der Waals surface area contributed by atoms with Crippen LogP contribution >= 0.6 is 0 Å². The van der Waals surface area contributed by atoms with Gasteiger partial charge in [0.2, 0.25) is 15.9 Å². The summed E-state index contributed by atoms with van der Waals surface area (Å²) in [4.78, 5) is 14.4. The number of anilines is 1. The fraction of sp³-hybridized carbons (Fsp3) is 0.611. The van der Waals surface area contributed by atoms with E-state index in [1.54, 1.807) is 0 Å². The third-order valence-electron chi connectivity index (χ3n) is 5.03. The van der Waals surface area contributed by atoms with Gasteiger partial charge in [0.05, 0.1) is 11.7 Å². The summed E-state index contributed by atoms with van der Waals surface area (Å²) in [6.07, 6.45) is -4.13. The molecule has 2 heterocycles. The molecular formula is C18H23F3N2O4S. The Morgan fingerprint density at radius 2 is 1.82 bits per heavy atom. The summed E-state index contributed by atoms with van der Waals surface area (Å²) >= 11 is 0. The molecule has 2 aliphatic rings. The van der Waals surface area contributed by atoms with Crippen LogP contribution in [0.5, 0.6) is 5.75 Å². The lowest BCUT2D eigenvalue weighted by Crippen LogP contribution is -2.45. The van der Waals surface area contributed by atoms with Crippen molar-refractivity contribution in [2.45, 2.75) is 26.6 Å². The first-order valence-electron chi connectivity index (χ1n) is 9.11. The zero-order valence-corrected chi connectivity index (χ0v) is 16.5. The summed E-state index contributed by atoms with van der Waals surface area (Å²) in [6.45, 7) is 4.57. The van der Waals surface area contributed by atoms with E-state index in [-0.39, 0.29) is 35.8 Å². The molecule has 0 aromatic heterocycles. The predicted octanol–water partition coefficient (Wildman–Crippen LogP) is 2.86. The number of nitrogens with zero attached hydrogens (tertiary/aromatic N) is 2. The van der Waals surface area contributed by atoms with Gasteiger partial charge in [-0.25, -0.2) is 12.7 Å². The minimum atomic E-state index is -4.77. The number of ether oxygens (including phenoxy) is 1. The van der Waals surface area contributed by atoms with E-state index in [4.69, 9.17) is 0 Å². The number of fused-ring (bicyclic) bond motifs is 1. The fourth-order valence-electron chi connectivity index (χ4n) is 3.85. The van der Waals surface area contributed by atoms with Gasteiger partial charge < -0.3 is 9.64 Å². The number of carbonyl (C=O) groups excluding carboxylic acids is 1. The summed E-state index contributed by atoms with van der Waals surface area (Å²) in [6, 6.07) is 5.13. The number of rotatable bonds is 5. The molecule has 2 unspecified atom stereocenters. The zero-order chi connectivity index (χ0) is 20.7. The zero-order valence-electron chi connectivity index (χ0n) is 15.6. The quantitative estimate of drug-likeness (QED) is 0.735. The van der Waals surface area contributed by atoms with Crippen molar-refractivity contribution in [2.24, 2.45) is 17.8 Å². The summed E-state index contributed by atoms with van der Waals surface area (Å²) in [7, 11) is -3.41. The average molecular weight is 420 g/mol. The first-order chi connectivity index (χ1) is 13.0. The van der Waals surface area contributed by atoms with Crippen LogP contribution in [0.1, 0.15) is 20.3 Å². The Balaban J connectivity index is 1.71. The van der Waals surface area contributed by atoms with E-state index < -0.39 is 22.3 Å². The number of piperidine rings is 1. The highest BCUT2D eigenvalue weighted by molar-refractivity contribution is 7.89. The number of hydrogen-bond acceptors (Lipinski definition) is 4. The first-order valence-corrected chi connectivity index (χ1v) is 10.7. The van der Waals surface area contributed by atoms with E-state index in [1.807, 2.05) is 13.8 Å². The number of halogens is 3. The predicted molar refractivity (Wildman–Crippen MR) is 97.3 cm³/mol. The molecule has 2 atom stereocenters. The monoisotopic (exact) mass is 420 g/mol. The second-order valence-corrected chi connectivity index (χ2v) is 9.69. The number of amides is 1. The van der Waals surface area contributed by atoms with Crippen LogP contribution in [0.3, 0.4) is 0 Å². The number of benzene rings is 1. The molecule has 10 heteroatoms. The molecule has 2 fully saturated rings. The van der Waals surface area contributed by atoms with Gasteiger partial charge in [-0.15, -0.1) is 13.2 Å². The van der Waals surface area contributed by atoms with Crippen molar-refractivity contribution in [3.8, 4) is 5.75 Å². The standard InChI is InChI=1S/C18H23F3N2O4S/c1-12(2)11-28(25,26)22-9-13-7-8-23(17(24)16(13)10-22)14-3-5-15(6-4-14)27-18(19,20)21/h3-6,12-13,16H,7-11H2,1-2H3. The largest absolute Gasteiger partial charge is 0.573 e. The normalized spacial score (nSPS) is 23.9. The number of hydrogen-bond donors (Lipinski definition) is 0. The summed E-state index contributed by atoms with van der Waals surface area (Å²) in [5.41, 5.74) is 0.474. The van der Waals surface area contributed by atoms with Gasteiger partial charge in [0.1, 0.15) is 5.75 Å². The molecule has 0 saturated carbocycles. The third kappa shape index (κ3) is 4.60. The van der Waals surface area contributed by atoms with E-state index in [9.17, 15) is 26.4 Å². The molecule has 0 N–H and O–H groups in total. The van der Waals surface area contributed by atoms with Crippen molar-refractivity contribution >= 4 is 21.6 Å². The van der Waals surface area contributed by atoms with Crippen molar-refractivity contribution in [1.29, 1.82) is 0 Å². The summed E-state index contributed by atoms with van der Waals surface area (Å²) in [5, 5.41) is 0. The SMILES string of the molecule is CC(C)CS(=O)(=O)N1CC2CCN(c3ccc(OC(F)(F)F)cc3)C(=O)C2C1. The number of sulfonamides is 1. The molecule has 3 rings (SSSR count). The van der Waals surface area contributed by atoms with Crippen LogP contribution in [-0.4, -0.2) is 50.4 Å². The van der Waals surface area contributed by atoms with Crippen LogP contribution in [-0.2, 0) is 14.8 Å². The van der Waals surface area contributed by atoms with Gasteiger partial charge in [-0.3, -0.25) is 4.79 Å². The molecule has 6 nitrogen and oxygen atoms in total. The lowest BCUT2D eigenvalue weighted by atomic mass is 9.87. The van der Waals surface area contributed by atoms with Crippen LogP contribution in [0.2, 0.25) is 0 Å². The van der Waals surface area contributed by atoms with Crippen LogP contribution in [0.15, 0.2) is 24.3 Å². The third-order valence-corrected chi connectivity index (χ3v) is 7.21.